The first-order chi connectivity index (χ1) is 11.3. The molecule has 24 heavy (non-hydrogen) atoms. The Bertz CT molecular complexity index is 899. The van der Waals surface area contributed by atoms with Gasteiger partial charge in [0.05, 0.1) is 17.6 Å². The van der Waals surface area contributed by atoms with E-state index in [1.165, 1.54) is 21.8 Å². The molecule has 0 aromatic carbocycles. The Morgan fingerprint density at radius 1 is 1.33 bits per heavy atom. The number of thiazole rings is 1. The summed E-state index contributed by atoms with van der Waals surface area (Å²) < 4.78 is 28.7. The number of piperidine rings is 1. The summed E-state index contributed by atoms with van der Waals surface area (Å²) in [6, 6.07) is 2.08. The van der Waals surface area contributed by atoms with Crippen molar-refractivity contribution >= 4 is 21.4 Å². The Morgan fingerprint density at radius 3 is 2.50 bits per heavy atom. The lowest BCUT2D eigenvalue weighted by atomic mass is 9.94. The summed E-state index contributed by atoms with van der Waals surface area (Å²) in [7, 11) is -1.77. The number of aromatic nitrogens is 3. The number of nitrogens with zero attached hydrogens (tertiary/aromatic N) is 5. The van der Waals surface area contributed by atoms with E-state index in [4.69, 9.17) is 5.26 Å². The van der Waals surface area contributed by atoms with E-state index in [0.29, 0.717) is 36.6 Å². The molecule has 0 aliphatic carbocycles. The molecule has 1 aliphatic rings. The highest BCUT2D eigenvalue weighted by Crippen LogP contribution is 2.34. The number of nitriles is 1. The van der Waals surface area contributed by atoms with Crippen molar-refractivity contribution in [1.29, 1.82) is 5.26 Å². The van der Waals surface area contributed by atoms with Crippen molar-refractivity contribution in [3.05, 3.63) is 27.5 Å². The Labute approximate surface area is 145 Å². The second kappa shape index (κ2) is 6.27. The van der Waals surface area contributed by atoms with Gasteiger partial charge in [-0.05, 0) is 26.7 Å². The highest BCUT2D eigenvalue weighted by Gasteiger charge is 2.33. The van der Waals surface area contributed by atoms with Gasteiger partial charge < -0.3 is 0 Å². The van der Waals surface area contributed by atoms with Crippen molar-refractivity contribution in [3.63, 3.8) is 0 Å². The second-order valence-electron chi connectivity index (χ2n) is 5.97. The molecule has 7 nitrogen and oxygen atoms in total. The van der Waals surface area contributed by atoms with Gasteiger partial charge in [0.2, 0.25) is 10.0 Å². The van der Waals surface area contributed by atoms with E-state index >= 15 is 0 Å². The molecule has 1 saturated heterocycles. The van der Waals surface area contributed by atoms with E-state index in [9.17, 15) is 8.42 Å². The maximum absolute atomic E-state index is 12.8. The Balaban J connectivity index is 1.76. The highest BCUT2D eigenvalue weighted by atomic mass is 32.2. The first-order valence-electron chi connectivity index (χ1n) is 7.70. The van der Waals surface area contributed by atoms with Gasteiger partial charge in [-0.25, -0.2) is 13.4 Å². The molecule has 2 aromatic heterocycles. The second-order valence-corrected chi connectivity index (χ2v) is 9.08. The molecular formula is C15H19N5O2S2. The molecule has 0 atom stereocenters. The van der Waals surface area contributed by atoms with E-state index < -0.39 is 10.0 Å². The number of hydrogen-bond acceptors (Lipinski definition) is 6. The van der Waals surface area contributed by atoms with Crippen LogP contribution >= 0.6 is 11.3 Å². The zero-order valence-electron chi connectivity index (χ0n) is 13.9. The monoisotopic (exact) mass is 365 g/mol. The van der Waals surface area contributed by atoms with Crippen LogP contribution in [0.1, 0.15) is 40.0 Å². The van der Waals surface area contributed by atoms with Crippen molar-refractivity contribution in [2.75, 3.05) is 13.1 Å². The Morgan fingerprint density at radius 2 is 2.00 bits per heavy atom. The molecule has 1 aliphatic heterocycles. The fourth-order valence-electron chi connectivity index (χ4n) is 3.08. The molecule has 0 spiro atoms. The van der Waals surface area contributed by atoms with Crippen molar-refractivity contribution in [2.45, 2.75) is 37.5 Å². The third-order valence-corrected chi connectivity index (χ3v) is 7.47. The van der Waals surface area contributed by atoms with Gasteiger partial charge in [-0.15, -0.1) is 11.3 Å². The molecule has 3 rings (SSSR count). The van der Waals surface area contributed by atoms with Crippen LogP contribution in [0.5, 0.6) is 0 Å². The molecule has 9 heteroatoms. The minimum absolute atomic E-state index is 0.213. The van der Waals surface area contributed by atoms with Gasteiger partial charge in [0.25, 0.3) is 0 Å². The minimum atomic E-state index is -3.51. The van der Waals surface area contributed by atoms with Crippen molar-refractivity contribution < 1.29 is 8.42 Å². The molecule has 2 aromatic rings. The van der Waals surface area contributed by atoms with E-state index in [1.54, 1.807) is 18.7 Å². The molecule has 0 amide bonds. The normalized spacial score (nSPS) is 17.1. The first-order valence-corrected chi connectivity index (χ1v) is 9.96. The largest absolute Gasteiger partial charge is 0.272 e. The number of sulfonamides is 1. The molecule has 0 unspecified atom stereocenters. The third kappa shape index (κ3) is 2.85. The van der Waals surface area contributed by atoms with Gasteiger partial charge in [0.1, 0.15) is 11.0 Å². The van der Waals surface area contributed by atoms with Gasteiger partial charge in [0.15, 0.2) is 5.01 Å². The Hall–Kier alpha value is -1.76. The first kappa shape index (κ1) is 17.1. The van der Waals surface area contributed by atoms with Crippen LogP contribution in [0.4, 0.5) is 0 Å². The fraction of sp³-hybridized carbons (Fsp3) is 0.533. The summed E-state index contributed by atoms with van der Waals surface area (Å²) in [5.41, 5.74) is 1.59. The molecule has 0 N–H and O–H groups in total. The van der Waals surface area contributed by atoms with E-state index in [2.05, 4.69) is 16.2 Å². The molecule has 3 heterocycles. The summed E-state index contributed by atoms with van der Waals surface area (Å²) in [6.07, 6.45) is 2.85. The standard InChI is InChI=1S/C15H19N5O2S2/c1-10-13(9-17-19(10)3)24(21,22)20-6-4-12(5-7-20)15-11(2)23-14(8-16)18-15/h9,12H,4-7H2,1-3H3. The van der Waals surface area contributed by atoms with Gasteiger partial charge >= 0.3 is 0 Å². The molecule has 0 saturated carbocycles. The van der Waals surface area contributed by atoms with Crippen LogP contribution in [0.3, 0.4) is 0 Å². The predicted molar refractivity (Wildman–Crippen MR) is 90.2 cm³/mol. The number of rotatable bonds is 3. The van der Waals surface area contributed by atoms with Gasteiger partial charge in [0, 0.05) is 30.9 Å². The van der Waals surface area contributed by atoms with E-state index in [0.717, 1.165) is 10.6 Å². The summed E-state index contributed by atoms with van der Waals surface area (Å²) >= 11 is 1.40. The topological polar surface area (TPSA) is 91.9 Å². The lowest BCUT2D eigenvalue weighted by Crippen LogP contribution is -2.38. The molecule has 0 radical (unpaired) electrons. The third-order valence-electron chi connectivity index (χ3n) is 4.58. The zero-order valence-corrected chi connectivity index (χ0v) is 15.5. The Kier molecular flexibility index (Phi) is 4.46. The number of aryl methyl sites for hydroxylation is 2. The van der Waals surface area contributed by atoms with Crippen molar-refractivity contribution in [2.24, 2.45) is 7.05 Å². The molecule has 0 bridgehead atoms. The van der Waals surface area contributed by atoms with E-state index in [-0.39, 0.29) is 10.8 Å². The van der Waals surface area contributed by atoms with Crippen LogP contribution < -0.4 is 0 Å². The van der Waals surface area contributed by atoms with Gasteiger partial charge in [-0.2, -0.15) is 14.7 Å². The maximum Gasteiger partial charge on any atom is 0.246 e. The SMILES string of the molecule is Cc1sc(C#N)nc1C1CCN(S(=O)(=O)c2cnn(C)c2C)CC1. The van der Waals surface area contributed by atoms with Crippen LogP contribution in [-0.4, -0.2) is 40.6 Å². The lowest BCUT2D eigenvalue weighted by molar-refractivity contribution is 0.316. The van der Waals surface area contributed by atoms with Crippen LogP contribution in [-0.2, 0) is 17.1 Å². The average molecular weight is 365 g/mol. The van der Waals surface area contributed by atoms with Crippen LogP contribution in [0.15, 0.2) is 11.1 Å². The summed E-state index contributed by atoms with van der Waals surface area (Å²) in [5.74, 6) is 0.213. The molecular weight excluding hydrogens is 346 g/mol. The smallest absolute Gasteiger partial charge is 0.246 e. The summed E-state index contributed by atoms with van der Waals surface area (Å²) in [4.78, 5) is 5.72. The summed E-state index contributed by atoms with van der Waals surface area (Å²) in [6.45, 7) is 4.64. The minimum Gasteiger partial charge on any atom is -0.272 e. The maximum atomic E-state index is 12.8. The van der Waals surface area contributed by atoms with Crippen LogP contribution in [0, 0.1) is 25.2 Å². The van der Waals surface area contributed by atoms with Gasteiger partial charge in [-0.1, -0.05) is 0 Å². The summed E-state index contributed by atoms with van der Waals surface area (Å²) in [5, 5.41) is 13.5. The average Bonchev–Trinajstić information content (AvgIpc) is 3.11. The van der Waals surface area contributed by atoms with Crippen LogP contribution in [0.2, 0.25) is 0 Å². The fourth-order valence-corrected chi connectivity index (χ4v) is 5.53. The van der Waals surface area contributed by atoms with E-state index in [1.807, 2.05) is 6.92 Å². The van der Waals surface area contributed by atoms with Crippen molar-refractivity contribution in [3.8, 4) is 6.07 Å². The lowest BCUT2D eigenvalue weighted by Gasteiger charge is -2.30. The number of hydrogen-bond donors (Lipinski definition) is 0. The predicted octanol–water partition coefficient (Wildman–Crippen LogP) is 1.93. The van der Waals surface area contributed by atoms with Gasteiger partial charge in [-0.3, -0.25) is 4.68 Å². The molecule has 1 fully saturated rings. The van der Waals surface area contributed by atoms with Crippen molar-refractivity contribution in [1.82, 2.24) is 19.1 Å². The highest BCUT2D eigenvalue weighted by molar-refractivity contribution is 7.89. The zero-order chi connectivity index (χ0) is 17.5. The molecule has 128 valence electrons. The quantitative estimate of drug-likeness (QED) is 0.829. The van der Waals surface area contributed by atoms with Crippen LogP contribution in [0.25, 0.3) is 0 Å².